The zero-order chi connectivity index (χ0) is 7.02. The van der Waals surface area contributed by atoms with E-state index in [1.54, 1.807) is 0 Å². The van der Waals surface area contributed by atoms with E-state index in [9.17, 15) is 4.79 Å². The van der Waals surface area contributed by atoms with Gasteiger partial charge in [0, 0.05) is 7.05 Å². The molecule has 0 unspecified atom stereocenters. The molecule has 0 atom stereocenters. The lowest BCUT2D eigenvalue weighted by atomic mass is 10.6. The number of hydrogen-bond donors (Lipinski definition) is 3. The second kappa shape index (κ2) is 1.54. The van der Waals surface area contributed by atoms with Crippen molar-refractivity contribution in [1.82, 2.24) is 10.2 Å². The van der Waals surface area contributed by atoms with Gasteiger partial charge in [-0.1, -0.05) is 0 Å². The number of carbonyl (C=O) groups is 1. The molecule has 0 aromatic rings. The maximum atomic E-state index is 10.5. The fraction of sp³-hybridized carbons (Fsp3) is 0.250. The predicted octanol–water partition coefficient (Wildman–Crippen LogP) is -1.04. The van der Waals surface area contributed by atoms with Gasteiger partial charge in [0.1, 0.15) is 0 Å². The third-order valence-electron chi connectivity index (χ3n) is 1.12. The van der Waals surface area contributed by atoms with Crippen molar-refractivity contribution < 1.29 is 4.79 Å². The summed E-state index contributed by atoms with van der Waals surface area (Å²) < 4.78 is 0. The van der Waals surface area contributed by atoms with Crippen molar-refractivity contribution in [3.8, 4) is 0 Å². The van der Waals surface area contributed by atoms with Crippen LogP contribution >= 0.6 is 0 Å². The van der Waals surface area contributed by atoms with Gasteiger partial charge >= 0.3 is 0 Å². The summed E-state index contributed by atoms with van der Waals surface area (Å²) in [6.07, 6.45) is 0. The van der Waals surface area contributed by atoms with Gasteiger partial charge < -0.3 is 0 Å². The van der Waals surface area contributed by atoms with Crippen molar-refractivity contribution in [2.45, 2.75) is 0 Å². The van der Waals surface area contributed by atoms with E-state index in [1.807, 2.05) is 0 Å². The molecule has 1 heterocycles. The van der Waals surface area contributed by atoms with Crippen LogP contribution in [0.15, 0.2) is 0 Å². The first-order valence-corrected chi connectivity index (χ1v) is 2.35. The number of nitrogens with one attached hydrogen (secondary N) is 3. The quantitative estimate of drug-likeness (QED) is 0.387. The summed E-state index contributed by atoms with van der Waals surface area (Å²) in [5.41, 5.74) is 0. The Morgan fingerprint density at radius 2 is 2.11 bits per heavy atom. The van der Waals surface area contributed by atoms with E-state index in [0.717, 1.165) is 0 Å². The summed E-state index contributed by atoms with van der Waals surface area (Å²) in [7, 11) is 1.49. The average Bonchev–Trinajstić information content (AvgIpc) is 1.98. The van der Waals surface area contributed by atoms with Gasteiger partial charge in [0.15, 0.2) is 5.84 Å². The molecule has 0 aromatic carbocycles. The maximum absolute atomic E-state index is 10.5. The predicted molar refractivity (Wildman–Crippen MR) is 31.4 cm³/mol. The molecule has 0 radical (unpaired) electrons. The third kappa shape index (κ3) is 0.658. The van der Waals surface area contributed by atoms with E-state index in [1.165, 1.54) is 11.9 Å². The van der Waals surface area contributed by atoms with Gasteiger partial charge in [0.05, 0.1) is 0 Å². The Labute approximate surface area is 51.7 Å². The number of carbonyl (C=O) groups excluding carboxylic acids is 1. The van der Waals surface area contributed by atoms with Crippen molar-refractivity contribution in [2.24, 2.45) is 0 Å². The number of amidine groups is 1. The second-order valence-electron chi connectivity index (χ2n) is 1.71. The summed E-state index contributed by atoms with van der Waals surface area (Å²) in [4.78, 5) is 11.6. The van der Waals surface area contributed by atoms with Gasteiger partial charge in [0.25, 0.3) is 5.91 Å². The molecule has 3 N–H and O–H groups in total. The van der Waals surface area contributed by atoms with Crippen molar-refractivity contribution in [3.05, 3.63) is 0 Å². The van der Waals surface area contributed by atoms with Crippen LogP contribution in [0.1, 0.15) is 0 Å². The monoisotopic (exact) mass is 126 g/mol. The van der Waals surface area contributed by atoms with Gasteiger partial charge in [-0.25, -0.2) is 0 Å². The Hall–Kier alpha value is -1.39. The molecule has 0 aromatic heterocycles. The van der Waals surface area contributed by atoms with Crippen LogP contribution in [0.4, 0.5) is 0 Å². The second-order valence-corrected chi connectivity index (χ2v) is 1.71. The van der Waals surface area contributed by atoms with Crippen LogP contribution in [0.25, 0.3) is 0 Å². The smallest absolute Gasteiger partial charge is 0.293 e. The lowest BCUT2D eigenvalue weighted by molar-refractivity contribution is -0.113. The normalized spacial score (nSPS) is 18.8. The van der Waals surface area contributed by atoms with Gasteiger partial charge in [-0.2, -0.15) is 0 Å². The molecule has 1 aliphatic rings. The number of guanidine groups is 1. The Morgan fingerprint density at radius 1 is 1.56 bits per heavy atom. The largest absolute Gasteiger partial charge is 0.296 e. The van der Waals surface area contributed by atoms with E-state index < -0.39 is 5.91 Å². The summed E-state index contributed by atoms with van der Waals surface area (Å²) in [6.45, 7) is 0. The van der Waals surface area contributed by atoms with E-state index >= 15 is 0 Å². The molecule has 1 amide bonds. The lowest BCUT2D eigenvalue weighted by Gasteiger charge is -2.03. The molecule has 1 saturated heterocycles. The molecule has 0 aliphatic carbocycles. The molecular formula is C4H6N4O. The Kier molecular flexibility index (Phi) is 0.985. The van der Waals surface area contributed by atoms with Crippen molar-refractivity contribution in [3.63, 3.8) is 0 Å². The first-order chi connectivity index (χ1) is 4.13. The first kappa shape index (κ1) is 5.74. The highest BCUT2D eigenvalue weighted by atomic mass is 16.2. The number of likely N-dealkylation sites (N-methyl/N-ethyl adjacent to an activating group) is 1. The number of amides is 1. The average molecular weight is 126 g/mol. The third-order valence-corrected chi connectivity index (χ3v) is 1.12. The van der Waals surface area contributed by atoms with E-state index in [2.05, 4.69) is 5.32 Å². The molecule has 1 rings (SSSR count). The standard InChI is InChI=1S/C4H6N4O/c1-8-2(5)3(9)7-4(8)6/h5H,1H3,(H2,6,7,9). The molecule has 5 heteroatoms. The van der Waals surface area contributed by atoms with E-state index in [-0.39, 0.29) is 11.8 Å². The minimum Gasteiger partial charge on any atom is -0.296 e. The van der Waals surface area contributed by atoms with Crippen molar-refractivity contribution >= 4 is 17.7 Å². The summed E-state index contributed by atoms with van der Waals surface area (Å²) >= 11 is 0. The SMILES string of the molecule is CN1C(=N)NC(=O)C1=N. The molecule has 0 saturated carbocycles. The highest BCUT2D eigenvalue weighted by Crippen LogP contribution is 1.93. The Bertz CT molecular complexity index is 197. The number of hydrogen-bond acceptors (Lipinski definition) is 3. The van der Waals surface area contributed by atoms with Crippen LogP contribution in [-0.2, 0) is 4.79 Å². The highest BCUT2D eigenvalue weighted by molar-refractivity contribution is 6.46. The van der Waals surface area contributed by atoms with Crippen molar-refractivity contribution in [1.29, 1.82) is 10.8 Å². The van der Waals surface area contributed by atoms with Gasteiger partial charge in [-0.15, -0.1) is 0 Å². The zero-order valence-corrected chi connectivity index (χ0v) is 4.86. The molecule has 9 heavy (non-hydrogen) atoms. The molecule has 1 fully saturated rings. The van der Waals surface area contributed by atoms with Crippen LogP contribution in [0.3, 0.4) is 0 Å². The Balaban J connectivity index is 2.90. The molecule has 0 bridgehead atoms. The minimum atomic E-state index is -0.512. The summed E-state index contributed by atoms with van der Waals surface area (Å²) in [6, 6.07) is 0. The molecule has 5 nitrogen and oxygen atoms in total. The summed E-state index contributed by atoms with van der Waals surface area (Å²) in [5, 5.41) is 16.1. The maximum Gasteiger partial charge on any atom is 0.293 e. The van der Waals surface area contributed by atoms with Gasteiger partial charge in [0.2, 0.25) is 5.96 Å². The zero-order valence-electron chi connectivity index (χ0n) is 4.86. The topological polar surface area (TPSA) is 80.0 Å². The van der Waals surface area contributed by atoms with Gasteiger partial charge in [-0.3, -0.25) is 25.8 Å². The van der Waals surface area contributed by atoms with Crippen LogP contribution in [0.5, 0.6) is 0 Å². The lowest BCUT2D eigenvalue weighted by Crippen LogP contribution is -2.26. The minimum absolute atomic E-state index is 0.0370. The number of rotatable bonds is 0. The van der Waals surface area contributed by atoms with Gasteiger partial charge in [-0.05, 0) is 0 Å². The fourth-order valence-electron chi connectivity index (χ4n) is 0.515. The van der Waals surface area contributed by atoms with Crippen LogP contribution in [0, 0.1) is 10.8 Å². The van der Waals surface area contributed by atoms with E-state index in [4.69, 9.17) is 10.8 Å². The fourth-order valence-corrected chi connectivity index (χ4v) is 0.515. The molecule has 48 valence electrons. The molecule has 0 spiro atoms. The molecular weight excluding hydrogens is 120 g/mol. The van der Waals surface area contributed by atoms with Crippen LogP contribution in [0.2, 0.25) is 0 Å². The Morgan fingerprint density at radius 3 is 2.22 bits per heavy atom. The van der Waals surface area contributed by atoms with E-state index in [0.29, 0.717) is 0 Å². The first-order valence-electron chi connectivity index (χ1n) is 2.35. The number of nitrogens with zero attached hydrogens (tertiary/aromatic N) is 1. The highest BCUT2D eigenvalue weighted by Gasteiger charge is 2.26. The summed E-state index contributed by atoms with van der Waals surface area (Å²) in [5.74, 6) is -0.729. The van der Waals surface area contributed by atoms with Crippen molar-refractivity contribution in [2.75, 3.05) is 7.05 Å². The molecule has 1 aliphatic heterocycles. The van der Waals surface area contributed by atoms with Crippen LogP contribution in [-0.4, -0.2) is 29.6 Å². The van der Waals surface area contributed by atoms with Crippen LogP contribution < -0.4 is 5.32 Å².